The molecule has 30 heavy (non-hydrogen) atoms. The molecule has 1 amide bonds. The van der Waals surface area contributed by atoms with Crippen LogP contribution in [0.2, 0.25) is 0 Å². The maximum atomic E-state index is 14.4. The average molecular weight is 415 g/mol. The minimum Gasteiger partial charge on any atom is -0.492 e. The molecule has 160 valence electrons. The van der Waals surface area contributed by atoms with Crippen molar-refractivity contribution in [3.8, 4) is 5.75 Å². The van der Waals surface area contributed by atoms with E-state index in [2.05, 4.69) is 36.1 Å². The molecule has 0 radical (unpaired) electrons. The van der Waals surface area contributed by atoms with Crippen molar-refractivity contribution in [3.63, 3.8) is 0 Å². The van der Waals surface area contributed by atoms with Crippen LogP contribution in [0.1, 0.15) is 6.92 Å². The van der Waals surface area contributed by atoms with Crippen LogP contribution in [0.3, 0.4) is 0 Å². The normalized spacial score (nSPS) is 18.0. The van der Waals surface area contributed by atoms with Crippen molar-refractivity contribution in [1.82, 2.24) is 20.3 Å². The molecule has 0 spiro atoms. The molecule has 1 aromatic heterocycles. The number of ether oxygens (including phenoxy) is 1. The van der Waals surface area contributed by atoms with Crippen LogP contribution in [-0.4, -0.2) is 79.5 Å². The molecule has 2 aliphatic heterocycles. The summed E-state index contributed by atoms with van der Waals surface area (Å²) in [5.41, 5.74) is -0.800. The Morgan fingerprint density at radius 1 is 1.10 bits per heavy atom. The number of hydrogen-bond acceptors (Lipinski definition) is 8. The van der Waals surface area contributed by atoms with Crippen molar-refractivity contribution in [2.24, 2.45) is 0 Å². The summed E-state index contributed by atoms with van der Waals surface area (Å²) in [4.78, 5) is 30.6. The number of nitrogens with zero attached hydrogens (tertiary/aromatic N) is 6. The number of aromatic nitrogens is 3. The molecular formula is C20H26FN7O2. The van der Waals surface area contributed by atoms with E-state index < -0.39 is 11.6 Å². The van der Waals surface area contributed by atoms with Gasteiger partial charge in [-0.1, -0.05) is 12.1 Å². The maximum absolute atomic E-state index is 14.4. The number of rotatable bonds is 6. The molecule has 2 aliphatic rings. The molecule has 0 bridgehead atoms. The summed E-state index contributed by atoms with van der Waals surface area (Å²) in [6.45, 7) is 5.59. The minimum absolute atomic E-state index is 0.0574. The Balaban J connectivity index is 1.39. The highest BCUT2D eigenvalue weighted by molar-refractivity contribution is 5.88. The molecular weight excluding hydrogens is 389 g/mol. The van der Waals surface area contributed by atoms with Crippen LogP contribution >= 0.6 is 0 Å². The minimum atomic E-state index is -1.89. The fourth-order valence-electron chi connectivity index (χ4n) is 3.80. The predicted octanol–water partition coefficient (Wildman–Crippen LogP) is 0.871. The topological polar surface area (TPSA) is 86.7 Å². The van der Waals surface area contributed by atoms with Crippen LogP contribution < -0.4 is 24.8 Å². The van der Waals surface area contributed by atoms with E-state index in [0.717, 1.165) is 37.6 Å². The number of piperazine rings is 1. The quantitative estimate of drug-likeness (QED) is 0.744. The third kappa shape index (κ3) is 3.81. The number of nitrogens with one attached hydrogen (secondary N) is 1. The SMILES string of the molecule is CCOc1ccccc1N1CCN(c2ncnc(N3CC(F)(C(=O)NC)C3)n2)CC1. The van der Waals surface area contributed by atoms with Gasteiger partial charge in [0.05, 0.1) is 25.4 Å². The lowest BCUT2D eigenvalue weighted by Crippen LogP contribution is -2.66. The van der Waals surface area contributed by atoms with E-state index in [0.29, 0.717) is 18.5 Å². The summed E-state index contributed by atoms with van der Waals surface area (Å²) in [7, 11) is 1.43. The van der Waals surface area contributed by atoms with Crippen LogP contribution in [0, 0.1) is 0 Å². The largest absolute Gasteiger partial charge is 0.492 e. The number of hydrogen-bond donors (Lipinski definition) is 1. The van der Waals surface area contributed by atoms with E-state index in [1.165, 1.54) is 13.4 Å². The molecule has 0 aliphatic carbocycles. The monoisotopic (exact) mass is 415 g/mol. The van der Waals surface area contributed by atoms with Gasteiger partial charge in [-0.3, -0.25) is 4.79 Å². The fourth-order valence-corrected chi connectivity index (χ4v) is 3.80. The summed E-state index contributed by atoms with van der Waals surface area (Å²) < 4.78 is 20.2. The maximum Gasteiger partial charge on any atom is 0.261 e. The number of alkyl halides is 1. The Kier molecular flexibility index (Phi) is 5.56. The summed E-state index contributed by atoms with van der Waals surface area (Å²) in [5.74, 6) is 1.23. The third-order valence-corrected chi connectivity index (χ3v) is 5.41. The third-order valence-electron chi connectivity index (χ3n) is 5.41. The summed E-state index contributed by atoms with van der Waals surface area (Å²) in [6.07, 6.45) is 1.44. The van der Waals surface area contributed by atoms with Gasteiger partial charge in [-0.2, -0.15) is 4.98 Å². The van der Waals surface area contributed by atoms with E-state index in [1.54, 1.807) is 4.90 Å². The van der Waals surface area contributed by atoms with E-state index in [-0.39, 0.29) is 13.1 Å². The first-order valence-corrected chi connectivity index (χ1v) is 10.1. The van der Waals surface area contributed by atoms with Gasteiger partial charge in [-0.05, 0) is 19.1 Å². The van der Waals surface area contributed by atoms with Crippen LogP contribution in [0.15, 0.2) is 30.6 Å². The first-order chi connectivity index (χ1) is 14.5. The number of halogens is 1. The molecule has 0 saturated carbocycles. The Hall–Kier alpha value is -3.17. The smallest absolute Gasteiger partial charge is 0.261 e. The van der Waals surface area contributed by atoms with Crippen LogP contribution in [-0.2, 0) is 4.79 Å². The number of para-hydroxylation sites is 2. The average Bonchev–Trinajstić information content (AvgIpc) is 2.77. The molecule has 9 nitrogen and oxygen atoms in total. The second-order valence-corrected chi connectivity index (χ2v) is 7.36. The zero-order chi connectivity index (χ0) is 21.1. The van der Waals surface area contributed by atoms with E-state index in [1.807, 2.05) is 25.1 Å². The second kappa shape index (κ2) is 8.29. The van der Waals surface area contributed by atoms with Gasteiger partial charge in [-0.25, -0.2) is 14.4 Å². The molecule has 4 rings (SSSR count). The Morgan fingerprint density at radius 2 is 1.73 bits per heavy atom. The highest BCUT2D eigenvalue weighted by atomic mass is 19.1. The molecule has 1 N–H and O–H groups in total. The van der Waals surface area contributed by atoms with Crippen molar-refractivity contribution in [2.45, 2.75) is 12.6 Å². The Bertz CT molecular complexity index is 898. The van der Waals surface area contributed by atoms with Gasteiger partial charge >= 0.3 is 0 Å². The van der Waals surface area contributed by atoms with Crippen LogP contribution in [0.5, 0.6) is 5.75 Å². The fraction of sp³-hybridized carbons (Fsp3) is 0.500. The second-order valence-electron chi connectivity index (χ2n) is 7.36. The van der Waals surface area contributed by atoms with Crippen molar-refractivity contribution in [3.05, 3.63) is 30.6 Å². The molecule has 0 unspecified atom stereocenters. The number of carbonyl (C=O) groups excluding carboxylic acids is 1. The first kappa shape index (κ1) is 20.1. The molecule has 1 aromatic carbocycles. The first-order valence-electron chi connectivity index (χ1n) is 10.1. The molecule has 2 fully saturated rings. The summed E-state index contributed by atoms with van der Waals surface area (Å²) >= 11 is 0. The Morgan fingerprint density at radius 3 is 2.40 bits per heavy atom. The van der Waals surface area contributed by atoms with Crippen molar-refractivity contribution >= 4 is 23.5 Å². The zero-order valence-electron chi connectivity index (χ0n) is 17.2. The number of benzene rings is 1. The molecule has 0 atom stereocenters. The number of carbonyl (C=O) groups is 1. The lowest BCUT2D eigenvalue weighted by molar-refractivity contribution is -0.134. The summed E-state index contributed by atoms with van der Waals surface area (Å²) in [6, 6.07) is 8.05. The molecule has 2 saturated heterocycles. The Labute approximate surface area is 174 Å². The van der Waals surface area contributed by atoms with Crippen molar-refractivity contribution in [1.29, 1.82) is 0 Å². The van der Waals surface area contributed by atoms with E-state index in [4.69, 9.17) is 4.74 Å². The predicted molar refractivity (Wildman–Crippen MR) is 112 cm³/mol. The number of anilines is 3. The summed E-state index contributed by atoms with van der Waals surface area (Å²) in [5, 5.41) is 2.36. The van der Waals surface area contributed by atoms with Crippen LogP contribution in [0.25, 0.3) is 0 Å². The van der Waals surface area contributed by atoms with Gasteiger partial charge in [0.1, 0.15) is 12.1 Å². The van der Waals surface area contributed by atoms with Gasteiger partial charge < -0.3 is 24.8 Å². The van der Waals surface area contributed by atoms with Gasteiger partial charge in [-0.15, -0.1) is 0 Å². The molecule has 2 aromatic rings. The lowest BCUT2D eigenvalue weighted by Gasteiger charge is -2.43. The van der Waals surface area contributed by atoms with Crippen molar-refractivity contribution in [2.75, 3.05) is 67.6 Å². The van der Waals surface area contributed by atoms with Crippen molar-refractivity contribution < 1.29 is 13.9 Å². The highest BCUT2D eigenvalue weighted by Gasteiger charge is 2.50. The van der Waals surface area contributed by atoms with E-state index >= 15 is 0 Å². The van der Waals surface area contributed by atoms with Gasteiger partial charge in [0.25, 0.3) is 5.91 Å². The zero-order valence-corrected chi connectivity index (χ0v) is 17.2. The van der Waals surface area contributed by atoms with Gasteiger partial charge in [0.2, 0.25) is 17.6 Å². The highest BCUT2D eigenvalue weighted by Crippen LogP contribution is 2.31. The standard InChI is InChI=1S/C20H26FN7O2/c1-3-30-16-7-5-4-6-15(16)26-8-10-27(11-9-26)18-23-14-24-19(25-18)28-12-20(21,13-28)17(29)22-2/h4-7,14H,3,8-13H2,1-2H3,(H,22,29). The molecule has 3 heterocycles. The van der Waals surface area contributed by atoms with E-state index in [9.17, 15) is 9.18 Å². The van der Waals surface area contributed by atoms with Gasteiger partial charge in [0.15, 0.2) is 0 Å². The van der Waals surface area contributed by atoms with Gasteiger partial charge in [0, 0.05) is 33.2 Å². The number of amides is 1. The van der Waals surface area contributed by atoms with Crippen LogP contribution in [0.4, 0.5) is 22.0 Å². The molecule has 10 heteroatoms. The lowest BCUT2D eigenvalue weighted by atomic mass is 9.96.